The van der Waals surface area contributed by atoms with Crippen LogP contribution < -0.4 is 10.2 Å². The highest BCUT2D eigenvalue weighted by Crippen LogP contribution is 2.48. The van der Waals surface area contributed by atoms with Crippen LogP contribution in [0.2, 0.25) is 0 Å². The van der Waals surface area contributed by atoms with Gasteiger partial charge in [-0.1, -0.05) is 0 Å². The number of nitro groups is 2. The van der Waals surface area contributed by atoms with Crippen molar-refractivity contribution in [3.63, 3.8) is 0 Å². The van der Waals surface area contributed by atoms with Crippen LogP contribution in [0.15, 0.2) is 33.1 Å². The van der Waals surface area contributed by atoms with Crippen LogP contribution in [0.1, 0.15) is 24.4 Å². The molecule has 2 atom stereocenters. The van der Waals surface area contributed by atoms with E-state index in [2.05, 4.69) is 10.2 Å². The number of hydrogen-bond donors (Lipinski definition) is 2. The summed E-state index contributed by atoms with van der Waals surface area (Å²) in [5.41, 5.74) is 0. The first-order valence-electron chi connectivity index (χ1n) is 13.2. The largest absolute Gasteiger partial charge is 0.433 e. The van der Waals surface area contributed by atoms with Crippen molar-refractivity contribution >= 4 is 73.5 Å². The summed E-state index contributed by atoms with van der Waals surface area (Å²) in [6.07, 6.45) is 0.884. The van der Waals surface area contributed by atoms with E-state index in [4.69, 9.17) is 64.3 Å². The first-order chi connectivity index (χ1) is 21.0. The summed E-state index contributed by atoms with van der Waals surface area (Å²) in [7, 11) is -7.44. The number of unbranched alkanes of at least 4 members (excludes halogenated alkanes) is 1. The van der Waals surface area contributed by atoms with Gasteiger partial charge in [-0.3, -0.25) is 38.4 Å². The lowest BCUT2D eigenvalue weighted by Crippen LogP contribution is -2.34. The van der Waals surface area contributed by atoms with Gasteiger partial charge >= 0.3 is 27.1 Å². The second kappa shape index (κ2) is 20.1. The number of halogens is 4. The van der Waals surface area contributed by atoms with E-state index in [1.54, 1.807) is 0 Å². The van der Waals surface area contributed by atoms with E-state index in [0.29, 0.717) is 12.8 Å². The zero-order chi connectivity index (χ0) is 32.6. The monoisotopic (exact) mass is 744 g/mol. The molecule has 0 spiro atoms. The molecule has 0 aliphatic carbocycles. The quantitative estimate of drug-likeness (QED) is 0.0386. The minimum Gasteiger partial charge on any atom is -0.403 e. The van der Waals surface area contributed by atoms with Crippen LogP contribution >= 0.6 is 61.7 Å². The molecule has 0 amide bonds. The summed E-state index contributed by atoms with van der Waals surface area (Å²) in [4.78, 5) is 20.4. The van der Waals surface area contributed by atoms with Gasteiger partial charge in [-0.05, 0) is 25.0 Å². The Balaban J connectivity index is 2.01. The second-order valence-electron chi connectivity index (χ2n) is 8.77. The van der Waals surface area contributed by atoms with Crippen LogP contribution in [0.5, 0.6) is 0 Å². The number of hydrogen-bond acceptors (Lipinski definition) is 10. The number of furan rings is 2. The summed E-state index contributed by atoms with van der Waals surface area (Å²) in [6, 6.07) is 5.04. The maximum absolute atomic E-state index is 13.8. The first kappa shape index (κ1) is 38.9. The average Bonchev–Trinajstić information content (AvgIpc) is 3.67. The third-order valence-electron chi connectivity index (χ3n) is 5.76. The van der Waals surface area contributed by atoms with Crippen LogP contribution in [0.3, 0.4) is 0 Å². The molecule has 0 aliphatic rings. The van der Waals surface area contributed by atoms with E-state index in [0.717, 1.165) is 0 Å². The van der Waals surface area contributed by atoms with E-state index < -0.39 is 37.0 Å². The Labute approximate surface area is 274 Å². The molecule has 2 heterocycles. The molecule has 16 nitrogen and oxygen atoms in total. The molecule has 0 radical (unpaired) electrons. The van der Waals surface area contributed by atoms with Gasteiger partial charge in [-0.15, -0.1) is 46.4 Å². The van der Waals surface area contributed by atoms with Gasteiger partial charge in [0.05, 0.1) is 12.1 Å². The minimum absolute atomic E-state index is 0.109. The van der Waals surface area contributed by atoms with Crippen LogP contribution in [-0.4, -0.2) is 82.0 Å². The van der Waals surface area contributed by atoms with Gasteiger partial charge in [-0.25, -0.2) is 19.5 Å². The predicted molar refractivity (Wildman–Crippen MR) is 167 cm³/mol. The Morgan fingerprint density at radius 2 is 1.02 bits per heavy atom. The smallest absolute Gasteiger partial charge is 0.403 e. The van der Waals surface area contributed by atoms with Crippen molar-refractivity contribution in [3.8, 4) is 0 Å². The SMILES string of the molecule is O=[N+]([O-])c1ccc(COP(=O)(NCCCCNP(=O)(OCc2ccc([N+](=O)[O-])o2)N(CCCl)CCCl)N(CCCl)CCCl)o1. The van der Waals surface area contributed by atoms with Gasteiger partial charge in [0.2, 0.25) is 0 Å². The molecular weight excluding hydrogens is 712 g/mol. The van der Waals surface area contributed by atoms with Gasteiger partial charge in [-0.2, -0.15) is 0 Å². The summed E-state index contributed by atoms with van der Waals surface area (Å²) >= 11 is 23.6. The second-order valence-corrected chi connectivity index (χ2v) is 14.6. The Bertz CT molecular complexity index is 1170. The molecule has 0 aromatic carbocycles. The highest BCUT2D eigenvalue weighted by Gasteiger charge is 2.33. The Kier molecular flexibility index (Phi) is 17.8. The van der Waals surface area contributed by atoms with E-state index in [9.17, 15) is 29.4 Å². The number of rotatable bonds is 25. The van der Waals surface area contributed by atoms with Gasteiger partial charge in [0.15, 0.2) is 0 Å². The molecule has 2 rings (SSSR count). The molecule has 0 bridgehead atoms. The highest BCUT2D eigenvalue weighted by molar-refractivity contribution is 7.54. The van der Waals surface area contributed by atoms with Gasteiger partial charge < -0.3 is 8.83 Å². The van der Waals surface area contributed by atoms with Gasteiger partial charge in [0.25, 0.3) is 0 Å². The number of nitrogens with zero attached hydrogens (tertiary/aromatic N) is 4. The van der Waals surface area contributed by atoms with Crippen LogP contribution in [-0.2, 0) is 31.4 Å². The van der Waals surface area contributed by atoms with Crippen molar-refractivity contribution < 1.29 is 36.9 Å². The molecule has 0 aliphatic heterocycles. The van der Waals surface area contributed by atoms with Crippen LogP contribution in [0.25, 0.3) is 0 Å². The summed E-state index contributed by atoms with van der Waals surface area (Å²) < 4.78 is 52.2. The number of alkyl halides is 4. The fraction of sp³-hybridized carbons (Fsp3) is 0.636. The fourth-order valence-electron chi connectivity index (χ4n) is 3.67. The molecule has 2 aromatic heterocycles. The Hall–Kier alpha value is -1.26. The van der Waals surface area contributed by atoms with E-state index in [1.165, 1.54) is 33.6 Å². The molecular formula is C22H34Cl4N6O10P2. The molecule has 44 heavy (non-hydrogen) atoms. The zero-order valence-electron chi connectivity index (χ0n) is 23.5. The highest BCUT2D eigenvalue weighted by atomic mass is 35.5. The lowest BCUT2D eigenvalue weighted by molar-refractivity contribution is -0.402. The third kappa shape index (κ3) is 12.5. The van der Waals surface area contributed by atoms with Crippen molar-refractivity contribution in [2.75, 3.05) is 62.8 Å². The molecule has 22 heteroatoms. The lowest BCUT2D eigenvalue weighted by atomic mass is 10.3. The Morgan fingerprint density at radius 3 is 1.30 bits per heavy atom. The summed E-state index contributed by atoms with van der Waals surface area (Å²) in [6.45, 7) is 0.542. The molecule has 0 saturated heterocycles. The van der Waals surface area contributed by atoms with Crippen LogP contribution in [0.4, 0.5) is 11.8 Å². The zero-order valence-corrected chi connectivity index (χ0v) is 28.3. The first-order valence-corrected chi connectivity index (χ1v) is 18.5. The van der Waals surface area contributed by atoms with Crippen LogP contribution in [0, 0.1) is 20.2 Å². The summed E-state index contributed by atoms with van der Waals surface area (Å²) in [5.74, 6) is -0.156. The van der Waals surface area contributed by atoms with E-state index >= 15 is 0 Å². The van der Waals surface area contributed by atoms with E-state index in [1.807, 2.05) is 0 Å². The normalized spacial score (nSPS) is 14.6. The molecule has 2 N–H and O–H groups in total. The summed E-state index contributed by atoms with van der Waals surface area (Å²) in [5, 5.41) is 27.6. The molecule has 0 fully saturated rings. The topological polar surface area (TPSA) is 196 Å². The predicted octanol–water partition coefficient (Wildman–Crippen LogP) is 6.16. The van der Waals surface area contributed by atoms with Gasteiger partial charge in [0, 0.05) is 62.8 Å². The van der Waals surface area contributed by atoms with E-state index in [-0.39, 0.29) is 87.5 Å². The maximum Gasteiger partial charge on any atom is 0.433 e. The average molecular weight is 746 g/mol. The minimum atomic E-state index is -3.72. The lowest BCUT2D eigenvalue weighted by Gasteiger charge is -2.31. The van der Waals surface area contributed by atoms with Crippen molar-refractivity contribution in [1.29, 1.82) is 0 Å². The van der Waals surface area contributed by atoms with Crippen molar-refractivity contribution in [2.45, 2.75) is 26.1 Å². The van der Waals surface area contributed by atoms with Crippen molar-refractivity contribution in [1.82, 2.24) is 19.5 Å². The standard InChI is InChI=1S/C22H34Cl4N6O10P2/c23-7-13-29(14-8-24)43(37,39-17-19-3-5-21(41-19)31(33)34)27-11-1-2-12-28-44(38,30(15-9-25)16-10-26)40-18-20-4-6-22(42-20)32(35)36/h3-6H,1-2,7-18H2,(H,27,37)(H,28,38). The van der Waals surface area contributed by atoms with Gasteiger partial charge in [0.1, 0.15) is 34.6 Å². The third-order valence-corrected chi connectivity index (χ3v) is 10.9. The fourth-order valence-corrected chi connectivity index (χ4v) is 8.81. The Morgan fingerprint density at radius 1 is 0.682 bits per heavy atom. The molecule has 2 aromatic rings. The molecule has 0 saturated carbocycles. The maximum atomic E-state index is 13.8. The molecule has 2 unspecified atom stereocenters. The number of nitrogens with one attached hydrogen (secondary N) is 2. The van der Waals surface area contributed by atoms with Crippen molar-refractivity contribution in [3.05, 3.63) is 56.0 Å². The van der Waals surface area contributed by atoms with Crippen molar-refractivity contribution in [2.24, 2.45) is 0 Å². The molecule has 250 valence electrons.